The summed E-state index contributed by atoms with van der Waals surface area (Å²) in [4.78, 5) is 0. The average molecular weight is 296 g/mol. The maximum Gasteiger partial charge on any atom is 0.133 e. The Bertz CT molecular complexity index is 626. The number of aryl methyl sites for hydroxylation is 1. The summed E-state index contributed by atoms with van der Waals surface area (Å²) in [6.45, 7) is 5.06. The number of hydrogen-bond acceptors (Lipinski definition) is 1. The van der Waals surface area contributed by atoms with Crippen LogP contribution in [0.5, 0.6) is 0 Å². The van der Waals surface area contributed by atoms with Gasteiger partial charge in [0.15, 0.2) is 0 Å². The largest absolute Gasteiger partial charge is 0.313 e. The second-order valence-electron chi connectivity index (χ2n) is 4.67. The molecule has 1 N–H and O–H groups in total. The first-order valence-corrected chi connectivity index (χ1v) is 6.86. The third kappa shape index (κ3) is 3.17. The molecule has 0 bridgehead atoms. The highest BCUT2D eigenvalue weighted by Gasteiger charge is 2.11. The first-order valence-electron chi connectivity index (χ1n) is 6.48. The fourth-order valence-electron chi connectivity index (χ4n) is 2.02. The van der Waals surface area contributed by atoms with Crippen molar-refractivity contribution in [2.45, 2.75) is 20.4 Å². The summed E-state index contributed by atoms with van der Waals surface area (Å²) in [5, 5.41) is 3.81. The Kier molecular flexibility index (Phi) is 4.73. The van der Waals surface area contributed by atoms with Crippen LogP contribution >= 0.6 is 11.6 Å². The van der Waals surface area contributed by atoms with Crippen LogP contribution in [0, 0.1) is 18.6 Å². The lowest BCUT2D eigenvalue weighted by molar-refractivity contribution is 0.579. The Hall–Kier alpha value is -1.45. The molecule has 0 aromatic heterocycles. The van der Waals surface area contributed by atoms with Crippen molar-refractivity contribution in [1.82, 2.24) is 5.32 Å². The van der Waals surface area contributed by atoms with Gasteiger partial charge in [-0.15, -0.1) is 0 Å². The molecule has 0 aliphatic rings. The number of halogens is 3. The highest BCUT2D eigenvalue weighted by atomic mass is 35.5. The van der Waals surface area contributed by atoms with Gasteiger partial charge in [-0.05, 0) is 48.4 Å². The van der Waals surface area contributed by atoms with Crippen LogP contribution in [0.15, 0.2) is 30.3 Å². The van der Waals surface area contributed by atoms with Crippen LogP contribution in [0.2, 0.25) is 5.02 Å². The first-order chi connectivity index (χ1) is 9.52. The molecule has 0 aliphatic heterocycles. The van der Waals surface area contributed by atoms with Crippen molar-refractivity contribution in [3.8, 4) is 11.1 Å². The molecular formula is C16H16ClF2N. The van der Waals surface area contributed by atoms with Crippen molar-refractivity contribution >= 4 is 11.6 Å². The van der Waals surface area contributed by atoms with E-state index in [-0.39, 0.29) is 0 Å². The maximum absolute atomic E-state index is 13.9. The maximum atomic E-state index is 13.9. The molecule has 4 heteroatoms. The number of hydrogen-bond donors (Lipinski definition) is 1. The monoisotopic (exact) mass is 295 g/mol. The fraction of sp³-hybridized carbons (Fsp3) is 0.250. The Morgan fingerprint density at radius 1 is 1.10 bits per heavy atom. The fourth-order valence-corrected chi connectivity index (χ4v) is 2.20. The molecule has 2 rings (SSSR count). The Morgan fingerprint density at radius 3 is 2.55 bits per heavy atom. The van der Waals surface area contributed by atoms with E-state index in [1.165, 1.54) is 6.07 Å². The highest BCUT2D eigenvalue weighted by molar-refractivity contribution is 6.31. The molecule has 20 heavy (non-hydrogen) atoms. The van der Waals surface area contributed by atoms with Crippen LogP contribution in [0.25, 0.3) is 11.1 Å². The lowest BCUT2D eigenvalue weighted by Gasteiger charge is -2.10. The van der Waals surface area contributed by atoms with E-state index in [1.54, 1.807) is 19.1 Å². The number of nitrogens with one attached hydrogen (secondary N) is 1. The topological polar surface area (TPSA) is 12.0 Å². The molecule has 0 heterocycles. The van der Waals surface area contributed by atoms with Crippen LogP contribution in [-0.2, 0) is 6.54 Å². The molecule has 2 aromatic carbocycles. The molecule has 1 nitrogen and oxygen atoms in total. The van der Waals surface area contributed by atoms with Crippen LogP contribution in [0.4, 0.5) is 8.78 Å². The van der Waals surface area contributed by atoms with Crippen LogP contribution in [0.3, 0.4) is 0 Å². The lowest BCUT2D eigenvalue weighted by Crippen LogP contribution is -2.12. The zero-order valence-electron chi connectivity index (χ0n) is 11.4. The quantitative estimate of drug-likeness (QED) is 0.862. The molecule has 106 valence electrons. The van der Waals surface area contributed by atoms with Crippen molar-refractivity contribution in [2.24, 2.45) is 0 Å². The molecule has 0 fully saturated rings. The second-order valence-corrected chi connectivity index (χ2v) is 5.07. The molecular weight excluding hydrogens is 280 g/mol. The molecule has 0 radical (unpaired) electrons. The molecule has 0 saturated heterocycles. The molecule has 0 amide bonds. The van der Waals surface area contributed by atoms with Gasteiger partial charge < -0.3 is 5.32 Å². The lowest BCUT2D eigenvalue weighted by atomic mass is 10.0. The predicted octanol–water partition coefficient (Wildman–Crippen LogP) is 4.70. The molecule has 0 aliphatic carbocycles. The van der Waals surface area contributed by atoms with Crippen molar-refractivity contribution < 1.29 is 8.78 Å². The van der Waals surface area contributed by atoms with Crippen molar-refractivity contribution in [2.75, 3.05) is 6.54 Å². The molecule has 0 spiro atoms. The van der Waals surface area contributed by atoms with Crippen LogP contribution in [0.1, 0.15) is 18.1 Å². The summed E-state index contributed by atoms with van der Waals surface area (Å²) in [5.74, 6) is -1.10. The van der Waals surface area contributed by atoms with Gasteiger partial charge >= 0.3 is 0 Å². The van der Waals surface area contributed by atoms with Gasteiger partial charge in [-0.2, -0.15) is 0 Å². The van der Waals surface area contributed by atoms with E-state index in [4.69, 9.17) is 11.6 Å². The van der Waals surface area contributed by atoms with Gasteiger partial charge in [0.05, 0.1) is 0 Å². The summed E-state index contributed by atoms with van der Waals surface area (Å²) in [5.41, 5.74) is 2.40. The Morgan fingerprint density at radius 2 is 1.85 bits per heavy atom. The van der Waals surface area contributed by atoms with Crippen molar-refractivity contribution in [3.63, 3.8) is 0 Å². The molecule has 0 unspecified atom stereocenters. The second kappa shape index (κ2) is 6.33. The van der Waals surface area contributed by atoms with Gasteiger partial charge in [-0.1, -0.05) is 24.6 Å². The summed E-state index contributed by atoms with van der Waals surface area (Å²) in [7, 11) is 0. The SMILES string of the molecule is CCNCc1cc(-c2cc(C)c(F)cc2F)ccc1Cl. The van der Waals surface area contributed by atoms with Gasteiger partial charge in [0.1, 0.15) is 11.6 Å². The average Bonchev–Trinajstić information content (AvgIpc) is 2.42. The number of rotatable bonds is 4. The third-order valence-corrected chi connectivity index (χ3v) is 3.54. The minimum atomic E-state index is -0.565. The zero-order chi connectivity index (χ0) is 14.7. The Balaban J connectivity index is 2.45. The van der Waals surface area contributed by atoms with Crippen molar-refractivity contribution in [1.29, 1.82) is 0 Å². The minimum absolute atomic E-state index is 0.387. The van der Waals surface area contributed by atoms with E-state index in [9.17, 15) is 8.78 Å². The standard InChI is InChI=1S/C16H16ClF2N/c1-3-20-9-12-7-11(4-5-14(12)17)13-6-10(2)15(18)8-16(13)19/h4-8,20H,3,9H2,1-2H3. The van der Waals surface area contributed by atoms with Crippen LogP contribution in [-0.4, -0.2) is 6.54 Å². The van der Waals surface area contributed by atoms with E-state index in [0.29, 0.717) is 28.3 Å². The molecule has 0 atom stereocenters. The predicted molar refractivity (Wildman–Crippen MR) is 78.9 cm³/mol. The minimum Gasteiger partial charge on any atom is -0.313 e. The van der Waals surface area contributed by atoms with Gasteiger partial charge in [-0.3, -0.25) is 0 Å². The van der Waals surface area contributed by atoms with Gasteiger partial charge in [0, 0.05) is 23.2 Å². The number of benzene rings is 2. The van der Waals surface area contributed by atoms with Crippen molar-refractivity contribution in [3.05, 3.63) is 58.1 Å². The van der Waals surface area contributed by atoms with E-state index in [1.807, 2.05) is 13.0 Å². The summed E-state index contributed by atoms with van der Waals surface area (Å²) < 4.78 is 27.2. The van der Waals surface area contributed by atoms with E-state index in [0.717, 1.165) is 18.2 Å². The Labute approximate surface area is 122 Å². The van der Waals surface area contributed by atoms with E-state index in [2.05, 4.69) is 5.32 Å². The molecule has 0 saturated carbocycles. The summed E-state index contributed by atoms with van der Waals surface area (Å²) in [6, 6.07) is 7.75. The van der Waals surface area contributed by atoms with Crippen LogP contribution < -0.4 is 5.32 Å². The van der Waals surface area contributed by atoms with Gasteiger partial charge in [0.25, 0.3) is 0 Å². The summed E-state index contributed by atoms with van der Waals surface area (Å²) >= 11 is 6.12. The normalized spacial score (nSPS) is 10.8. The smallest absolute Gasteiger partial charge is 0.133 e. The first kappa shape index (κ1) is 14.9. The van der Waals surface area contributed by atoms with E-state index >= 15 is 0 Å². The zero-order valence-corrected chi connectivity index (χ0v) is 12.2. The summed E-state index contributed by atoms with van der Waals surface area (Å²) in [6.07, 6.45) is 0. The highest BCUT2D eigenvalue weighted by Crippen LogP contribution is 2.29. The molecule has 2 aromatic rings. The third-order valence-electron chi connectivity index (χ3n) is 3.17. The van der Waals surface area contributed by atoms with Gasteiger partial charge in [-0.25, -0.2) is 8.78 Å². The van der Waals surface area contributed by atoms with E-state index < -0.39 is 11.6 Å². The van der Waals surface area contributed by atoms with Gasteiger partial charge in [0.2, 0.25) is 0 Å².